The molecule has 0 radical (unpaired) electrons. The van der Waals surface area contributed by atoms with Gasteiger partial charge in [-0.2, -0.15) is 0 Å². The third-order valence-electron chi connectivity index (χ3n) is 2.13. The van der Waals surface area contributed by atoms with Gasteiger partial charge in [0.15, 0.2) is 11.5 Å². The summed E-state index contributed by atoms with van der Waals surface area (Å²) in [5.74, 6) is -2.61. The lowest BCUT2D eigenvalue weighted by Crippen LogP contribution is -2.35. The van der Waals surface area contributed by atoms with E-state index in [4.69, 9.17) is 15.9 Å². The Labute approximate surface area is 108 Å². The van der Waals surface area contributed by atoms with Crippen LogP contribution in [0.2, 0.25) is 0 Å². The fraction of sp³-hybridized carbons (Fsp3) is 0.167. The van der Waals surface area contributed by atoms with Crippen molar-refractivity contribution < 1.29 is 29.6 Å². The minimum atomic E-state index is -1.27. The first kappa shape index (κ1) is 14.5. The van der Waals surface area contributed by atoms with Crippen molar-refractivity contribution in [2.75, 3.05) is 6.61 Å². The van der Waals surface area contributed by atoms with Gasteiger partial charge >= 0.3 is 11.9 Å². The van der Waals surface area contributed by atoms with E-state index in [1.807, 2.05) is 0 Å². The van der Waals surface area contributed by atoms with Crippen LogP contribution in [0, 0.1) is 0 Å². The summed E-state index contributed by atoms with van der Waals surface area (Å²) >= 11 is 0. The van der Waals surface area contributed by atoms with Crippen LogP contribution in [0.15, 0.2) is 24.3 Å². The molecule has 0 saturated carbocycles. The van der Waals surface area contributed by atoms with Crippen molar-refractivity contribution in [1.82, 2.24) is 0 Å². The predicted molar refractivity (Wildman–Crippen MR) is 65.4 cm³/mol. The largest absolute Gasteiger partial charge is 0.504 e. The molecular formula is C12H13NO6. The number of aromatic hydroxyl groups is 2. The van der Waals surface area contributed by atoms with Crippen LogP contribution < -0.4 is 5.73 Å². The molecular weight excluding hydrogens is 254 g/mol. The van der Waals surface area contributed by atoms with Crippen LogP contribution in [-0.4, -0.2) is 39.9 Å². The number of carboxylic acid groups (broad SMARTS) is 1. The molecule has 0 aromatic heterocycles. The number of aliphatic carboxylic acids is 1. The van der Waals surface area contributed by atoms with Crippen LogP contribution in [-0.2, 0) is 14.3 Å². The van der Waals surface area contributed by atoms with Crippen molar-refractivity contribution >= 4 is 18.0 Å². The molecule has 1 atom stereocenters. The lowest BCUT2D eigenvalue weighted by Gasteiger charge is -2.05. The minimum Gasteiger partial charge on any atom is -0.504 e. The van der Waals surface area contributed by atoms with E-state index in [-0.39, 0.29) is 11.5 Å². The standard InChI is InChI=1S/C12H13NO6/c13-8(12(17)18)6-19-11(16)4-2-7-1-3-9(14)10(15)5-7/h1-5,8,14-15H,6,13H2,(H,17,18)/b4-2+. The Hall–Kier alpha value is -2.54. The monoisotopic (exact) mass is 267 g/mol. The first-order chi connectivity index (χ1) is 8.90. The van der Waals surface area contributed by atoms with Gasteiger partial charge in [-0.25, -0.2) is 4.79 Å². The number of carboxylic acids is 1. The maximum Gasteiger partial charge on any atom is 0.330 e. The zero-order chi connectivity index (χ0) is 14.4. The maximum absolute atomic E-state index is 11.2. The van der Waals surface area contributed by atoms with Gasteiger partial charge in [0.1, 0.15) is 12.6 Å². The second kappa shape index (κ2) is 6.41. The van der Waals surface area contributed by atoms with Gasteiger partial charge in [0, 0.05) is 6.08 Å². The normalized spacial score (nSPS) is 12.3. The van der Waals surface area contributed by atoms with Crippen molar-refractivity contribution in [2.24, 2.45) is 5.73 Å². The molecule has 1 unspecified atom stereocenters. The van der Waals surface area contributed by atoms with Gasteiger partial charge in [-0.05, 0) is 23.8 Å². The van der Waals surface area contributed by atoms with E-state index in [9.17, 15) is 14.7 Å². The Balaban J connectivity index is 2.54. The number of hydrogen-bond donors (Lipinski definition) is 4. The molecule has 0 bridgehead atoms. The third kappa shape index (κ3) is 4.68. The third-order valence-corrected chi connectivity index (χ3v) is 2.13. The van der Waals surface area contributed by atoms with E-state index in [0.717, 1.165) is 6.08 Å². The summed E-state index contributed by atoms with van der Waals surface area (Å²) < 4.78 is 4.60. The molecule has 0 fully saturated rings. The quantitative estimate of drug-likeness (QED) is 0.337. The molecule has 1 rings (SSSR count). The maximum atomic E-state index is 11.2. The van der Waals surface area contributed by atoms with E-state index in [0.29, 0.717) is 5.56 Å². The van der Waals surface area contributed by atoms with E-state index < -0.39 is 24.6 Å². The molecule has 7 nitrogen and oxygen atoms in total. The van der Waals surface area contributed by atoms with Gasteiger partial charge in [0.2, 0.25) is 0 Å². The summed E-state index contributed by atoms with van der Waals surface area (Å²) in [4.78, 5) is 21.6. The Morgan fingerprint density at radius 2 is 2.00 bits per heavy atom. The minimum absolute atomic E-state index is 0.271. The molecule has 0 amide bonds. The molecule has 0 heterocycles. The van der Waals surface area contributed by atoms with Gasteiger partial charge in [-0.15, -0.1) is 0 Å². The molecule has 5 N–H and O–H groups in total. The second-order valence-electron chi connectivity index (χ2n) is 3.66. The molecule has 102 valence electrons. The topological polar surface area (TPSA) is 130 Å². The van der Waals surface area contributed by atoms with Crippen molar-refractivity contribution in [2.45, 2.75) is 6.04 Å². The van der Waals surface area contributed by atoms with Crippen molar-refractivity contribution in [3.63, 3.8) is 0 Å². The van der Waals surface area contributed by atoms with Crippen molar-refractivity contribution in [3.05, 3.63) is 29.8 Å². The summed E-state index contributed by atoms with van der Waals surface area (Å²) in [5.41, 5.74) is 5.61. The Morgan fingerprint density at radius 3 is 2.58 bits per heavy atom. The molecule has 19 heavy (non-hydrogen) atoms. The van der Waals surface area contributed by atoms with Crippen LogP contribution >= 0.6 is 0 Å². The van der Waals surface area contributed by atoms with Crippen LogP contribution in [0.25, 0.3) is 6.08 Å². The van der Waals surface area contributed by atoms with E-state index >= 15 is 0 Å². The number of nitrogens with two attached hydrogens (primary N) is 1. The zero-order valence-corrected chi connectivity index (χ0v) is 9.81. The van der Waals surface area contributed by atoms with Gasteiger partial charge in [0.25, 0.3) is 0 Å². The number of carbonyl (C=O) groups is 2. The molecule has 0 spiro atoms. The number of benzene rings is 1. The highest BCUT2D eigenvalue weighted by atomic mass is 16.5. The van der Waals surface area contributed by atoms with E-state index in [2.05, 4.69) is 4.74 Å². The number of hydrogen-bond acceptors (Lipinski definition) is 6. The summed E-state index contributed by atoms with van der Waals surface area (Å²) in [6.45, 7) is -0.431. The molecule has 0 saturated heterocycles. The van der Waals surface area contributed by atoms with E-state index in [1.165, 1.54) is 24.3 Å². The molecule has 1 aromatic carbocycles. The summed E-state index contributed by atoms with van der Waals surface area (Å²) in [5, 5.41) is 26.8. The van der Waals surface area contributed by atoms with Gasteiger partial charge in [-0.1, -0.05) is 6.07 Å². The zero-order valence-electron chi connectivity index (χ0n) is 9.81. The average molecular weight is 267 g/mol. The number of phenols is 2. The Morgan fingerprint density at radius 1 is 1.32 bits per heavy atom. The average Bonchev–Trinajstić information content (AvgIpc) is 2.37. The van der Waals surface area contributed by atoms with Gasteiger partial charge < -0.3 is 25.8 Å². The van der Waals surface area contributed by atoms with Crippen LogP contribution in [0.3, 0.4) is 0 Å². The van der Waals surface area contributed by atoms with Crippen molar-refractivity contribution in [3.8, 4) is 11.5 Å². The molecule has 0 aliphatic rings. The number of carbonyl (C=O) groups excluding carboxylic acids is 1. The summed E-state index contributed by atoms with van der Waals surface area (Å²) in [6.07, 6.45) is 2.40. The number of rotatable bonds is 5. The van der Waals surface area contributed by atoms with Crippen LogP contribution in [0.4, 0.5) is 0 Å². The Kier molecular flexibility index (Phi) is 4.90. The second-order valence-corrected chi connectivity index (χ2v) is 3.66. The fourth-order valence-electron chi connectivity index (χ4n) is 1.10. The number of esters is 1. The lowest BCUT2D eigenvalue weighted by molar-refractivity contribution is -0.144. The SMILES string of the molecule is NC(COC(=O)/C=C/c1ccc(O)c(O)c1)C(=O)O. The van der Waals surface area contributed by atoms with Gasteiger partial charge in [-0.3, -0.25) is 4.79 Å². The molecule has 7 heteroatoms. The summed E-state index contributed by atoms with van der Waals surface area (Å²) in [7, 11) is 0. The molecule has 1 aromatic rings. The highest BCUT2D eigenvalue weighted by molar-refractivity contribution is 5.87. The fourth-order valence-corrected chi connectivity index (χ4v) is 1.10. The lowest BCUT2D eigenvalue weighted by atomic mass is 10.2. The predicted octanol–water partition coefficient (Wildman–Crippen LogP) is 0.0661. The van der Waals surface area contributed by atoms with Gasteiger partial charge in [0.05, 0.1) is 0 Å². The number of ether oxygens (including phenoxy) is 1. The van der Waals surface area contributed by atoms with Crippen LogP contribution in [0.5, 0.6) is 11.5 Å². The van der Waals surface area contributed by atoms with Crippen LogP contribution in [0.1, 0.15) is 5.56 Å². The number of phenolic OH excluding ortho intramolecular Hbond substituents is 2. The smallest absolute Gasteiger partial charge is 0.330 e. The Bertz CT molecular complexity index is 511. The first-order valence-corrected chi connectivity index (χ1v) is 5.25. The summed E-state index contributed by atoms with van der Waals surface area (Å²) in [6, 6.07) is 2.72. The molecule has 0 aliphatic heterocycles. The molecule has 0 aliphatic carbocycles. The van der Waals surface area contributed by atoms with E-state index in [1.54, 1.807) is 0 Å². The highest BCUT2D eigenvalue weighted by Crippen LogP contribution is 2.25. The van der Waals surface area contributed by atoms with Crippen molar-refractivity contribution in [1.29, 1.82) is 0 Å². The first-order valence-electron chi connectivity index (χ1n) is 5.25. The highest BCUT2D eigenvalue weighted by Gasteiger charge is 2.12.